The average molecular weight is 245 g/mol. The zero-order chi connectivity index (χ0) is 12.6. The molecule has 0 spiro atoms. The lowest BCUT2D eigenvalue weighted by molar-refractivity contribution is 0.151. The highest BCUT2D eigenvalue weighted by molar-refractivity contribution is 5.33. The molecule has 2 aliphatic rings. The zero-order valence-corrected chi connectivity index (χ0v) is 11.2. The van der Waals surface area contributed by atoms with Gasteiger partial charge in [-0.1, -0.05) is 24.3 Å². The van der Waals surface area contributed by atoms with E-state index in [2.05, 4.69) is 36.2 Å². The SMILES string of the molecule is CN1CCCC(c2cccc(C3(O)CC3)c2)CC1. The number of hydrogen-bond donors (Lipinski definition) is 1. The van der Waals surface area contributed by atoms with Gasteiger partial charge in [0.25, 0.3) is 0 Å². The Morgan fingerprint density at radius 1 is 1.22 bits per heavy atom. The molecule has 2 fully saturated rings. The Morgan fingerprint density at radius 2 is 2.06 bits per heavy atom. The summed E-state index contributed by atoms with van der Waals surface area (Å²) in [5, 5.41) is 10.2. The normalized spacial score (nSPS) is 27.8. The van der Waals surface area contributed by atoms with Crippen molar-refractivity contribution in [3.63, 3.8) is 0 Å². The maximum Gasteiger partial charge on any atom is 0.0899 e. The van der Waals surface area contributed by atoms with Gasteiger partial charge >= 0.3 is 0 Å². The first kappa shape index (κ1) is 12.2. The molecule has 1 aliphatic carbocycles. The van der Waals surface area contributed by atoms with E-state index >= 15 is 0 Å². The van der Waals surface area contributed by atoms with Crippen molar-refractivity contribution in [2.24, 2.45) is 0 Å². The Balaban J connectivity index is 1.79. The van der Waals surface area contributed by atoms with Crippen molar-refractivity contribution in [2.75, 3.05) is 20.1 Å². The second-order valence-corrected chi connectivity index (χ2v) is 6.09. The van der Waals surface area contributed by atoms with Crippen LogP contribution in [0.5, 0.6) is 0 Å². The minimum Gasteiger partial charge on any atom is -0.385 e. The second kappa shape index (κ2) is 4.67. The molecule has 2 nitrogen and oxygen atoms in total. The quantitative estimate of drug-likeness (QED) is 0.866. The van der Waals surface area contributed by atoms with Gasteiger partial charge in [0.2, 0.25) is 0 Å². The molecular formula is C16H23NO. The molecule has 1 N–H and O–H groups in total. The van der Waals surface area contributed by atoms with Crippen LogP contribution < -0.4 is 0 Å². The highest BCUT2D eigenvalue weighted by atomic mass is 16.3. The third-order valence-electron chi connectivity index (χ3n) is 4.57. The average Bonchev–Trinajstić information content (AvgIpc) is 3.15. The minimum atomic E-state index is -0.489. The van der Waals surface area contributed by atoms with Crippen molar-refractivity contribution in [3.05, 3.63) is 35.4 Å². The van der Waals surface area contributed by atoms with Gasteiger partial charge in [0.1, 0.15) is 0 Å². The van der Waals surface area contributed by atoms with Crippen LogP contribution in [0.15, 0.2) is 24.3 Å². The summed E-state index contributed by atoms with van der Waals surface area (Å²) in [5.74, 6) is 0.678. The van der Waals surface area contributed by atoms with Crippen molar-refractivity contribution >= 4 is 0 Å². The summed E-state index contributed by atoms with van der Waals surface area (Å²) in [7, 11) is 2.21. The molecule has 1 saturated carbocycles. The zero-order valence-electron chi connectivity index (χ0n) is 11.2. The fourth-order valence-electron chi connectivity index (χ4n) is 3.06. The maximum atomic E-state index is 10.2. The minimum absolute atomic E-state index is 0.489. The van der Waals surface area contributed by atoms with Crippen LogP contribution in [0.2, 0.25) is 0 Å². The van der Waals surface area contributed by atoms with E-state index in [9.17, 15) is 5.11 Å². The summed E-state index contributed by atoms with van der Waals surface area (Å²) < 4.78 is 0. The number of likely N-dealkylation sites (tertiary alicyclic amines) is 1. The molecule has 1 aromatic rings. The Morgan fingerprint density at radius 3 is 2.83 bits per heavy atom. The van der Waals surface area contributed by atoms with Crippen LogP contribution in [0.25, 0.3) is 0 Å². The Hall–Kier alpha value is -0.860. The number of rotatable bonds is 2. The third kappa shape index (κ3) is 2.45. The highest BCUT2D eigenvalue weighted by Gasteiger charge is 2.42. The smallest absolute Gasteiger partial charge is 0.0899 e. The van der Waals surface area contributed by atoms with E-state index in [1.54, 1.807) is 0 Å². The van der Waals surface area contributed by atoms with Crippen LogP contribution in [0.3, 0.4) is 0 Å². The first-order valence-electron chi connectivity index (χ1n) is 7.19. The molecule has 1 saturated heterocycles. The van der Waals surface area contributed by atoms with Crippen molar-refractivity contribution in [1.82, 2.24) is 4.90 Å². The molecule has 3 rings (SSSR count). The summed E-state index contributed by atoms with van der Waals surface area (Å²) in [4.78, 5) is 2.43. The Kier molecular flexibility index (Phi) is 3.16. The van der Waals surface area contributed by atoms with Gasteiger partial charge in [0.15, 0.2) is 0 Å². The van der Waals surface area contributed by atoms with E-state index in [4.69, 9.17) is 0 Å². The van der Waals surface area contributed by atoms with Crippen LogP contribution in [0.1, 0.15) is 49.1 Å². The van der Waals surface area contributed by atoms with Gasteiger partial charge in [0.05, 0.1) is 5.60 Å². The molecule has 1 aromatic carbocycles. The molecule has 1 heterocycles. The van der Waals surface area contributed by atoms with E-state index < -0.39 is 5.60 Å². The first-order valence-corrected chi connectivity index (χ1v) is 7.19. The monoisotopic (exact) mass is 245 g/mol. The van der Waals surface area contributed by atoms with Crippen LogP contribution >= 0.6 is 0 Å². The molecule has 1 unspecified atom stereocenters. The molecular weight excluding hydrogens is 222 g/mol. The van der Waals surface area contributed by atoms with Crippen molar-refractivity contribution in [3.8, 4) is 0 Å². The van der Waals surface area contributed by atoms with Gasteiger partial charge in [-0.15, -0.1) is 0 Å². The van der Waals surface area contributed by atoms with Crippen molar-refractivity contribution in [2.45, 2.75) is 43.6 Å². The van der Waals surface area contributed by atoms with Gasteiger partial charge in [-0.3, -0.25) is 0 Å². The van der Waals surface area contributed by atoms with Gasteiger partial charge in [-0.05, 0) is 69.3 Å². The predicted molar refractivity (Wildman–Crippen MR) is 73.7 cm³/mol. The summed E-state index contributed by atoms with van der Waals surface area (Å²) in [6.07, 6.45) is 5.69. The van der Waals surface area contributed by atoms with Gasteiger partial charge < -0.3 is 10.0 Å². The third-order valence-corrected chi connectivity index (χ3v) is 4.57. The van der Waals surface area contributed by atoms with Crippen LogP contribution in [-0.4, -0.2) is 30.1 Å². The van der Waals surface area contributed by atoms with E-state index in [0.29, 0.717) is 5.92 Å². The number of hydrogen-bond acceptors (Lipinski definition) is 2. The molecule has 2 heteroatoms. The maximum absolute atomic E-state index is 10.2. The Labute approximate surface area is 110 Å². The first-order chi connectivity index (χ1) is 8.67. The fraction of sp³-hybridized carbons (Fsp3) is 0.625. The van der Waals surface area contributed by atoms with E-state index in [-0.39, 0.29) is 0 Å². The number of benzene rings is 1. The summed E-state index contributed by atoms with van der Waals surface area (Å²) in [5.41, 5.74) is 2.08. The molecule has 18 heavy (non-hydrogen) atoms. The lowest BCUT2D eigenvalue weighted by Gasteiger charge is -2.17. The van der Waals surface area contributed by atoms with Gasteiger partial charge in [0, 0.05) is 0 Å². The van der Waals surface area contributed by atoms with Crippen LogP contribution in [0.4, 0.5) is 0 Å². The highest BCUT2D eigenvalue weighted by Crippen LogP contribution is 2.46. The molecule has 0 amide bonds. The fourth-order valence-corrected chi connectivity index (χ4v) is 3.06. The Bertz CT molecular complexity index is 425. The summed E-state index contributed by atoms with van der Waals surface area (Å²) in [6.45, 7) is 2.42. The lowest BCUT2D eigenvalue weighted by Crippen LogP contribution is -2.18. The van der Waals surface area contributed by atoms with Crippen molar-refractivity contribution in [1.29, 1.82) is 0 Å². The summed E-state index contributed by atoms with van der Waals surface area (Å²) in [6, 6.07) is 8.70. The van der Waals surface area contributed by atoms with E-state index in [1.807, 2.05) is 0 Å². The molecule has 0 aromatic heterocycles. The van der Waals surface area contributed by atoms with Gasteiger partial charge in [-0.25, -0.2) is 0 Å². The molecule has 1 aliphatic heterocycles. The van der Waals surface area contributed by atoms with Crippen LogP contribution in [0, 0.1) is 0 Å². The standard InChI is InChI=1S/C16H23NO/c1-17-10-3-5-13(7-11-17)14-4-2-6-15(12-14)16(18)8-9-16/h2,4,6,12-13,18H,3,5,7-11H2,1H3. The van der Waals surface area contributed by atoms with Crippen LogP contribution in [-0.2, 0) is 5.60 Å². The van der Waals surface area contributed by atoms with Crippen molar-refractivity contribution < 1.29 is 5.11 Å². The lowest BCUT2D eigenvalue weighted by atomic mass is 9.90. The van der Waals surface area contributed by atoms with Gasteiger partial charge in [-0.2, -0.15) is 0 Å². The number of aliphatic hydroxyl groups is 1. The molecule has 0 radical (unpaired) electrons. The molecule has 0 bridgehead atoms. The second-order valence-electron chi connectivity index (χ2n) is 6.09. The summed E-state index contributed by atoms with van der Waals surface area (Å²) >= 11 is 0. The van der Waals surface area contributed by atoms with E-state index in [1.165, 1.54) is 37.9 Å². The number of nitrogens with zero attached hydrogens (tertiary/aromatic N) is 1. The molecule has 1 atom stereocenters. The topological polar surface area (TPSA) is 23.5 Å². The predicted octanol–water partition coefficient (Wildman–Crippen LogP) is 2.87. The molecule has 98 valence electrons. The van der Waals surface area contributed by atoms with E-state index in [0.717, 1.165) is 18.4 Å². The largest absolute Gasteiger partial charge is 0.385 e.